The molecule has 78 valence electrons. The van der Waals surface area contributed by atoms with E-state index in [1.165, 1.54) is 16.3 Å². The molecule has 16 heavy (non-hydrogen) atoms. The molecule has 3 aromatic carbocycles. The minimum absolute atomic E-state index is 0.348. The number of hydrogen-bond donors (Lipinski definition) is 1. The molecule has 0 aromatic heterocycles. The smallest absolute Gasteiger partial charge is 0.123 e. The summed E-state index contributed by atoms with van der Waals surface area (Å²) < 4.78 is 0. The molecule has 0 fully saturated rings. The first-order chi connectivity index (χ1) is 7.75. The van der Waals surface area contributed by atoms with Gasteiger partial charge < -0.3 is 5.11 Å². The topological polar surface area (TPSA) is 20.2 Å². The molecule has 1 N–H and O–H groups in total. The van der Waals surface area contributed by atoms with Crippen molar-refractivity contribution in [2.45, 2.75) is 6.92 Å². The van der Waals surface area contributed by atoms with Gasteiger partial charge >= 0.3 is 0 Å². The van der Waals surface area contributed by atoms with E-state index in [2.05, 4.69) is 37.3 Å². The van der Waals surface area contributed by atoms with Gasteiger partial charge in [0.05, 0.1) is 0 Å². The lowest BCUT2D eigenvalue weighted by Crippen LogP contribution is -1.79. The summed E-state index contributed by atoms with van der Waals surface area (Å²) in [5.41, 5.74) is 1.24. The normalized spacial score (nSPS) is 11.1. The second-order valence-corrected chi connectivity index (χ2v) is 4.16. The molecule has 0 aliphatic rings. The summed E-state index contributed by atoms with van der Waals surface area (Å²) in [4.78, 5) is 0. The summed E-state index contributed by atoms with van der Waals surface area (Å²) in [5.74, 6) is 0.348. The Balaban J connectivity index is 2.58. The number of benzene rings is 3. The van der Waals surface area contributed by atoms with Crippen LogP contribution in [0.4, 0.5) is 0 Å². The number of phenols is 1. The molecule has 1 nitrogen and oxygen atoms in total. The summed E-state index contributed by atoms with van der Waals surface area (Å²) in [5, 5.41) is 14.2. The zero-order valence-corrected chi connectivity index (χ0v) is 9.07. The van der Waals surface area contributed by atoms with Crippen LogP contribution in [0.3, 0.4) is 0 Å². The molecule has 0 bridgehead atoms. The Hall–Kier alpha value is -2.02. The molecule has 0 amide bonds. The van der Waals surface area contributed by atoms with Crippen LogP contribution in [0, 0.1) is 6.92 Å². The van der Waals surface area contributed by atoms with E-state index in [0.29, 0.717) is 5.75 Å². The average molecular weight is 208 g/mol. The number of aromatic hydroxyl groups is 1. The fraction of sp³-hybridized carbons (Fsp3) is 0.0667. The quantitative estimate of drug-likeness (QED) is 0.553. The molecule has 0 saturated carbocycles. The lowest BCUT2D eigenvalue weighted by molar-refractivity contribution is 0.481. The lowest BCUT2D eigenvalue weighted by atomic mass is 10.00. The first kappa shape index (κ1) is 9.22. The predicted molar refractivity (Wildman–Crippen MR) is 67.9 cm³/mol. The van der Waals surface area contributed by atoms with E-state index in [9.17, 15) is 5.11 Å². The van der Waals surface area contributed by atoms with Gasteiger partial charge in [0.25, 0.3) is 0 Å². The molecule has 0 atom stereocenters. The zero-order valence-electron chi connectivity index (χ0n) is 9.07. The van der Waals surface area contributed by atoms with Crippen LogP contribution in [-0.4, -0.2) is 5.11 Å². The molecule has 1 heteroatoms. The molecule has 0 heterocycles. The van der Waals surface area contributed by atoms with Gasteiger partial charge in [-0.3, -0.25) is 0 Å². The van der Waals surface area contributed by atoms with Crippen LogP contribution in [0.15, 0.2) is 48.5 Å². The molecule has 0 spiro atoms. The monoisotopic (exact) mass is 208 g/mol. The molecule has 0 aliphatic carbocycles. The Bertz CT molecular complexity index is 683. The van der Waals surface area contributed by atoms with Crippen LogP contribution in [0.5, 0.6) is 5.75 Å². The Labute approximate surface area is 94.0 Å². The first-order valence-corrected chi connectivity index (χ1v) is 5.37. The summed E-state index contributed by atoms with van der Waals surface area (Å²) in [7, 11) is 0. The lowest BCUT2D eigenvalue weighted by Gasteiger charge is -2.06. The van der Waals surface area contributed by atoms with Gasteiger partial charge in [0.15, 0.2) is 0 Å². The highest BCUT2D eigenvalue weighted by atomic mass is 16.3. The van der Waals surface area contributed by atoms with Gasteiger partial charge in [0.2, 0.25) is 0 Å². The Kier molecular flexibility index (Phi) is 1.87. The summed E-state index contributed by atoms with van der Waals surface area (Å²) in [6, 6.07) is 16.1. The molecule has 3 aromatic rings. The van der Waals surface area contributed by atoms with E-state index < -0.39 is 0 Å². The summed E-state index contributed by atoms with van der Waals surface area (Å²) >= 11 is 0. The number of fused-ring (bicyclic) bond motifs is 3. The molecule has 0 radical (unpaired) electrons. The van der Waals surface area contributed by atoms with Crippen molar-refractivity contribution in [1.29, 1.82) is 0 Å². The van der Waals surface area contributed by atoms with Crippen molar-refractivity contribution < 1.29 is 5.11 Å². The molecule has 0 unspecified atom stereocenters. The van der Waals surface area contributed by atoms with Crippen LogP contribution in [0.1, 0.15) is 5.56 Å². The maximum Gasteiger partial charge on any atom is 0.123 e. The van der Waals surface area contributed by atoms with E-state index in [1.54, 1.807) is 6.07 Å². The second kappa shape index (κ2) is 3.24. The number of hydrogen-bond acceptors (Lipinski definition) is 1. The van der Waals surface area contributed by atoms with Crippen molar-refractivity contribution in [3.05, 3.63) is 54.1 Å². The minimum atomic E-state index is 0.348. The van der Waals surface area contributed by atoms with Crippen molar-refractivity contribution in [3.63, 3.8) is 0 Å². The van der Waals surface area contributed by atoms with Crippen LogP contribution >= 0.6 is 0 Å². The highest BCUT2D eigenvalue weighted by Gasteiger charge is 2.03. The van der Waals surface area contributed by atoms with Crippen molar-refractivity contribution in [3.8, 4) is 5.75 Å². The van der Waals surface area contributed by atoms with Crippen molar-refractivity contribution in [2.75, 3.05) is 0 Å². The van der Waals surface area contributed by atoms with Gasteiger partial charge in [-0.1, -0.05) is 48.0 Å². The fourth-order valence-electron chi connectivity index (χ4n) is 2.18. The SMILES string of the molecule is Cc1ccc2ccc3c(O)cccc3c2c1. The molecule has 3 rings (SSSR count). The third-order valence-corrected chi connectivity index (χ3v) is 3.01. The standard InChI is InChI=1S/C15H12O/c1-10-5-6-11-7-8-13-12(14(11)9-10)3-2-4-15(13)16/h2-9,16H,1H3. The molecule has 0 aliphatic heterocycles. The van der Waals surface area contributed by atoms with Crippen molar-refractivity contribution in [2.24, 2.45) is 0 Å². The van der Waals surface area contributed by atoms with Crippen molar-refractivity contribution in [1.82, 2.24) is 0 Å². The highest BCUT2D eigenvalue weighted by Crippen LogP contribution is 2.31. The maximum absolute atomic E-state index is 9.80. The molecule has 0 saturated heterocycles. The molecular weight excluding hydrogens is 196 g/mol. The average Bonchev–Trinajstić information content (AvgIpc) is 2.29. The first-order valence-electron chi connectivity index (χ1n) is 5.37. The number of aryl methyl sites for hydroxylation is 1. The number of phenolic OH excluding ortho intramolecular Hbond substituents is 1. The van der Waals surface area contributed by atoms with Gasteiger partial charge in [-0.05, 0) is 29.1 Å². The molecular formula is C15H12O. The van der Waals surface area contributed by atoms with Gasteiger partial charge in [0, 0.05) is 5.39 Å². The van der Waals surface area contributed by atoms with Crippen LogP contribution < -0.4 is 0 Å². The number of rotatable bonds is 0. The predicted octanol–water partition coefficient (Wildman–Crippen LogP) is 4.01. The van der Waals surface area contributed by atoms with Crippen LogP contribution in [0.2, 0.25) is 0 Å². The summed E-state index contributed by atoms with van der Waals surface area (Å²) in [6.07, 6.45) is 0. The Morgan fingerprint density at radius 3 is 2.50 bits per heavy atom. The van der Waals surface area contributed by atoms with Gasteiger partial charge in [-0.25, -0.2) is 0 Å². The van der Waals surface area contributed by atoms with Gasteiger partial charge in [-0.2, -0.15) is 0 Å². The minimum Gasteiger partial charge on any atom is -0.507 e. The maximum atomic E-state index is 9.80. The van der Waals surface area contributed by atoms with Gasteiger partial charge in [0.1, 0.15) is 5.75 Å². The van der Waals surface area contributed by atoms with Gasteiger partial charge in [-0.15, -0.1) is 0 Å². The third kappa shape index (κ3) is 1.25. The van der Waals surface area contributed by atoms with E-state index in [0.717, 1.165) is 10.8 Å². The van der Waals surface area contributed by atoms with Crippen LogP contribution in [0.25, 0.3) is 21.5 Å². The van der Waals surface area contributed by atoms with E-state index in [4.69, 9.17) is 0 Å². The summed E-state index contributed by atoms with van der Waals surface area (Å²) in [6.45, 7) is 2.08. The third-order valence-electron chi connectivity index (χ3n) is 3.01. The van der Waals surface area contributed by atoms with E-state index in [-0.39, 0.29) is 0 Å². The fourth-order valence-corrected chi connectivity index (χ4v) is 2.18. The Morgan fingerprint density at radius 2 is 1.62 bits per heavy atom. The highest BCUT2D eigenvalue weighted by molar-refractivity contribution is 6.09. The zero-order chi connectivity index (χ0) is 11.1. The van der Waals surface area contributed by atoms with Crippen LogP contribution in [-0.2, 0) is 0 Å². The van der Waals surface area contributed by atoms with E-state index in [1.807, 2.05) is 12.1 Å². The second-order valence-electron chi connectivity index (χ2n) is 4.16. The van der Waals surface area contributed by atoms with E-state index >= 15 is 0 Å². The van der Waals surface area contributed by atoms with Crippen molar-refractivity contribution >= 4 is 21.5 Å². The Morgan fingerprint density at radius 1 is 0.812 bits per heavy atom. The largest absolute Gasteiger partial charge is 0.507 e.